The SMILES string of the molecule is COc1ccccc1N1CCN(C(=O)C2CCC2)C(C)C1=O. The zero-order chi connectivity index (χ0) is 15.7. The molecule has 0 aromatic heterocycles. The number of amides is 2. The van der Waals surface area contributed by atoms with Gasteiger partial charge in [0, 0.05) is 19.0 Å². The highest BCUT2D eigenvalue weighted by Crippen LogP contribution is 2.33. The summed E-state index contributed by atoms with van der Waals surface area (Å²) in [6.07, 6.45) is 3.05. The van der Waals surface area contributed by atoms with E-state index in [9.17, 15) is 9.59 Å². The van der Waals surface area contributed by atoms with Crippen LogP contribution < -0.4 is 9.64 Å². The van der Waals surface area contributed by atoms with Crippen LogP contribution in [0.4, 0.5) is 5.69 Å². The molecule has 1 atom stereocenters. The zero-order valence-corrected chi connectivity index (χ0v) is 13.1. The summed E-state index contributed by atoms with van der Waals surface area (Å²) >= 11 is 0. The number of piperazine rings is 1. The van der Waals surface area contributed by atoms with E-state index in [0.29, 0.717) is 18.8 Å². The largest absolute Gasteiger partial charge is 0.495 e. The molecule has 118 valence electrons. The first-order valence-corrected chi connectivity index (χ1v) is 7.88. The Morgan fingerprint density at radius 2 is 1.95 bits per heavy atom. The Morgan fingerprint density at radius 1 is 1.23 bits per heavy atom. The van der Waals surface area contributed by atoms with Crippen molar-refractivity contribution in [1.82, 2.24) is 4.90 Å². The minimum absolute atomic E-state index is 0.0385. The van der Waals surface area contributed by atoms with E-state index in [4.69, 9.17) is 4.74 Å². The van der Waals surface area contributed by atoms with Crippen LogP contribution in [-0.4, -0.2) is 43.0 Å². The molecule has 1 aliphatic carbocycles. The molecule has 1 heterocycles. The van der Waals surface area contributed by atoms with Gasteiger partial charge in [0.15, 0.2) is 0 Å². The lowest BCUT2D eigenvalue weighted by atomic mass is 9.84. The molecule has 2 aliphatic rings. The standard InChI is InChI=1S/C17H22N2O3/c1-12-16(20)19(14-8-3-4-9-15(14)22-2)11-10-18(12)17(21)13-6-5-7-13/h3-4,8-9,12-13H,5-7,10-11H2,1-2H3. The topological polar surface area (TPSA) is 49.9 Å². The van der Waals surface area contributed by atoms with Gasteiger partial charge in [0.2, 0.25) is 11.8 Å². The zero-order valence-electron chi connectivity index (χ0n) is 13.1. The Hall–Kier alpha value is -2.04. The fourth-order valence-electron chi connectivity index (χ4n) is 3.15. The highest BCUT2D eigenvalue weighted by molar-refractivity contribution is 6.01. The number of hydrogen-bond acceptors (Lipinski definition) is 3. The summed E-state index contributed by atoms with van der Waals surface area (Å²) in [7, 11) is 1.60. The van der Waals surface area contributed by atoms with Gasteiger partial charge in [0.25, 0.3) is 0 Å². The van der Waals surface area contributed by atoms with Crippen LogP contribution in [0, 0.1) is 5.92 Å². The van der Waals surface area contributed by atoms with Crippen molar-refractivity contribution in [2.75, 3.05) is 25.1 Å². The van der Waals surface area contributed by atoms with E-state index in [-0.39, 0.29) is 17.7 Å². The number of anilines is 1. The Labute approximate surface area is 130 Å². The minimum Gasteiger partial charge on any atom is -0.495 e. The van der Waals surface area contributed by atoms with Gasteiger partial charge in [-0.15, -0.1) is 0 Å². The number of nitrogens with zero attached hydrogens (tertiary/aromatic N) is 2. The molecule has 5 heteroatoms. The number of carbonyl (C=O) groups excluding carboxylic acids is 2. The van der Waals surface area contributed by atoms with Gasteiger partial charge in [-0.3, -0.25) is 9.59 Å². The van der Waals surface area contributed by atoms with Crippen molar-refractivity contribution in [3.8, 4) is 5.75 Å². The van der Waals surface area contributed by atoms with Gasteiger partial charge in [0.1, 0.15) is 11.8 Å². The Kier molecular flexibility index (Phi) is 4.05. The fraction of sp³-hybridized carbons (Fsp3) is 0.529. The maximum Gasteiger partial charge on any atom is 0.249 e. The second-order valence-electron chi connectivity index (χ2n) is 6.00. The summed E-state index contributed by atoms with van der Waals surface area (Å²) in [5, 5.41) is 0. The summed E-state index contributed by atoms with van der Waals surface area (Å²) in [6.45, 7) is 2.92. The molecule has 0 spiro atoms. The summed E-state index contributed by atoms with van der Waals surface area (Å²) in [5.41, 5.74) is 0.776. The van der Waals surface area contributed by atoms with E-state index >= 15 is 0 Å². The van der Waals surface area contributed by atoms with Crippen molar-refractivity contribution in [2.45, 2.75) is 32.2 Å². The van der Waals surface area contributed by atoms with E-state index in [1.54, 1.807) is 16.9 Å². The number of rotatable bonds is 3. The number of methoxy groups -OCH3 is 1. The van der Waals surface area contributed by atoms with Crippen LogP contribution in [0.2, 0.25) is 0 Å². The van der Waals surface area contributed by atoms with E-state index < -0.39 is 6.04 Å². The summed E-state index contributed by atoms with van der Waals surface area (Å²) < 4.78 is 5.35. The summed E-state index contributed by atoms with van der Waals surface area (Å²) in [6, 6.07) is 7.09. The van der Waals surface area contributed by atoms with E-state index in [2.05, 4.69) is 0 Å². The molecule has 1 aromatic rings. The predicted molar refractivity (Wildman–Crippen MR) is 83.9 cm³/mol. The van der Waals surface area contributed by atoms with E-state index in [1.807, 2.05) is 31.2 Å². The maximum atomic E-state index is 12.7. The lowest BCUT2D eigenvalue weighted by Gasteiger charge is -2.42. The summed E-state index contributed by atoms with van der Waals surface area (Å²) in [5.74, 6) is 0.921. The Balaban J connectivity index is 1.78. The second kappa shape index (κ2) is 5.99. The quantitative estimate of drug-likeness (QED) is 0.859. The minimum atomic E-state index is -0.410. The Bertz CT molecular complexity index is 583. The monoisotopic (exact) mass is 302 g/mol. The average molecular weight is 302 g/mol. The van der Waals surface area contributed by atoms with Crippen molar-refractivity contribution in [3.63, 3.8) is 0 Å². The van der Waals surface area contributed by atoms with Crippen molar-refractivity contribution in [3.05, 3.63) is 24.3 Å². The van der Waals surface area contributed by atoms with Crippen molar-refractivity contribution < 1.29 is 14.3 Å². The van der Waals surface area contributed by atoms with Crippen LogP contribution in [0.5, 0.6) is 5.75 Å². The molecule has 1 aliphatic heterocycles. The molecular weight excluding hydrogens is 280 g/mol. The highest BCUT2D eigenvalue weighted by atomic mass is 16.5. The van der Waals surface area contributed by atoms with Crippen LogP contribution in [0.15, 0.2) is 24.3 Å². The molecule has 3 rings (SSSR count). The van der Waals surface area contributed by atoms with Crippen molar-refractivity contribution in [2.24, 2.45) is 5.92 Å². The number of ether oxygens (including phenoxy) is 1. The van der Waals surface area contributed by atoms with Crippen LogP contribution >= 0.6 is 0 Å². The summed E-state index contributed by atoms with van der Waals surface area (Å²) in [4.78, 5) is 28.6. The van der Waals surface area contributed by atoms with Gasteiger partial charge in [-0.1, -0.05) is 18.6 Å². The van der Waals surface area contributed by atoms with E-state index in [1.165, 1.54) is 0 Å². The number of carbonyl (C=O) groups is 2. The fourth-order valence-corrected chi connectivity index (χ4v) is 3.15. The molecule has 5 nitrogen and oxygen atoms in total. The third-order valence-corrected chi connectivity index (χ3v) is 4.77. The van der Waals surface area contributed by atoms with Crippen molar-refractivity contribution >= 4 is 17.5 Å². The molecule has 0 bridgehead atoms. The first-order valence-electron chi connectivity index (χ1n) is 7.88. The Morgan fingerprint density at radius 3 is 2.59 bits per heavy atom. The van der Waals surface area contributed by atoms with Gasteiger partial charge < -0.3 is 14.5 Å². The molecule has 1 saturated carbocycles. The number of benzene rings is 1. The van der Waals surface area contributed by atoms with Gasteiger partial charge in [-0.25, -0.2) is 0 Å². The van der Waals surface area contributed by atoms with Crippen LogP contribution in [-0.2, 0) is 9.59 Å². The molecular formula is C17H22N2O3. The normalized spacial score (nSPS) is 22.5. The van der Waals surface area contributed by atoms with Gasteiger partial charge in [-0.05, 0) is 31.9 Å². The first kappa shape index (κ1) is 14.9. The average Bonchev–Trinajstić information content (AvgIpc) is 2.48. The maximum absolute atomic E-state index is 12.7. The molecule has 1 saturated heterocycles. The number of hydrogen-bond donors (Lipinski definition) is 0. The highest BCUT2D eigenvalue weighted by Gasteiger charge is 2.39. The van der Waals surface area contributed by atoms with Crippen LogP contribution in [0.3, 0.4) is 0 Å². The molecule has 1 unspecified atom stereocenters. The molecule has 22 heavy (non-hydrogen) atoms. The molecule has 0 N–H and O–H groups in total. The van der Waals surface area contributed by atoms with Gasteiger partial charge in [-0.2, -0.15) is 0 Å². The van der Waals surface area contributed by atoms with Crippen molar-refractivity contribution in [1.29, 1.82) is 0 Å². The second-order valence-corrected chi connectivity index (χ2v) is 6.00. The predicted octanol–water partition coefficient (Wildman–Crippen LogP) is 2.06. The van der Waals surface area contributed by atoms with Crippen LogP contribution in [0.1, 0.15) is 26.2 Å². The third-order valence-electron chi connectivity index (χ3n) is 4.77. The van der Waals surface area contributed by atoms with Gasteiger partial charge >= 0.3 is 0 Å². The molecule has 1 aromatic carbocycles. The molecule has 2 amide bonds. The smallest absolute Gasteiger partial charge is 0.249 e. The van der Waals surface area contributed by atoms with Crippen LogP contribution in [0.25, 0.3) is 0 Å². The lowest BCUT2D eigenvalue weighted by Crippen LogP contribution is -2.59. The van der Waals surface area contributed by atoms with E-state index in [0.717, 1.165) is 24.9 Å². The molecule has 2 fully saturated rings. The first-order chi connectivity index (χ1) is 10.6. The number of para-hydroxylation sites is 2. The van der Waals surface area contributed by atoms with Gasteiger partial charge in [0.05, 0.1) is 12.8 Å². The lowest BCUT2D eigenvalue weighted by molar-refractivity contribution is -0.146. The third kappa shape index (κ3) is 2.45. The molecule has 0 radical (unpaired) electrons.